The van der Waals surface area contributed by atoms with Crippen LogP contribution in [0.3, 0.4) is 0 Å². The molecule has 1 aromatic heterocycles. The molecular weight excluding hydrogens is 290 g/mol. The van der Waals surface area contributed by atoms with Gasteiger partial charge in [0.15, 0.2) is 6.04 Å². The number of carbonyl (C=O) groups is 2. The number of carboxylic acid groups (broad SMARTS) is 1. The number of hydrogen-bond donors (Lipinski definition) is 3. The van der Waals surface area contributed by atoms with E-state index in [2.05, 4.69) is 15.5 Å². The molecule has 21 heavy (non-hydrogen) atoms. The van der Waals surface area contributed by atoms with Gasteiger partial charge >= 0.3 is 12.0 Å². The fourth-order valence-electron chi connectivity index (χ4n) is 2.12. The zero-order valence-electron chi connectivity index (χ0n) is 12.2. The van der Waals surface area contributed by atoms with E-state index in [9.17, 15) is 14.7 Å². The van der Waals surface area contributed by atoms with Crippen LogP contribution in [-0.4, -0.2) is 47.7 Å². The van der Waals surface area contributed by atoms with Gasteiger partial charge in [0.05, 0.1) is 0 Å². The van der Waals surface area contributed by atoms with Crippen molar-refractivity contribution in [3.63, 3.8) is 0 Å². The van der Waals surface area contributed by atoms with Crippen LogP contribution < -0.4 is 10.6 Å². The number of likely N-dealkylation sites (N-methyl/N-ethyl adjacent to an activating group) is 1. The Balaban J connectivity index is 1.81. The van der Waals surface area contributed by atoms with E-state index in [0.717, 1.165) is 0 Å². The lowest BCUT2D eigenvalue weighted by atomic mass is 10.2. The molecule has 0 radical (unpaired) electrons. The molecular formula is C14H21N3O3S. The molecule has 1 saturated carbocycles. The molecule has 2 unspecified atom stereocenters. The van der Waals surface area contributed by atoms with Crippen LogP contribution in [-0.2, 0) is 4.79 Å². The largest absolute Gasteiger partial charge is 0.479 e. The molecule has 1 aromatic rings. The minimum atomic E-state index is -1.06. The molecule has 3 N–H and O–H groups in total. The Morgan fingerprint density at radius 1 is 1.52 bits per heavy atom. The molecule has 0 spiro atoms. The van der Waals surface area contributed by atoms with Gasteiger partial charge in [0.2, 0.25) is 0 Å². The van der Waals surface area contributed by atoms with Crippen LogP contribution in [0, 0.1) is 0 Å². The highest BCUT2D eigenvalue weighted by Gasteiger charge is 2.29. The molecule has 2 rings (SSSR count). The number of carboxylic acids is 1. The van der Waals surface area contributed by atoms with Crippen molar-refractivity contribution < 1.29 is 14.7 Å². The van der Waals surface area contributed by atoms with E-state index in [1.54, 1.807) is 17.5 Å². The molecule has 0 bridgehead atoms. The first-order valence-corrected chi connectivity index (χ1v) is 7.89. The molecule has 1 fully saturated rings. The monoisotopic (exact) mass is 311 g/mol. The normalized spacial score (nSPS) is 17.3. The molecule has 6 nitrogen and oxygen atoms in total. The Kier molecular flexibility index (Phi) is 5.19. The zero-order valence-corrected chi connectivity index (χ0v) is 13.0. The van der Waals surface area contributed by atoms with Gasteiger partial charge in [-0.2, -0.15) is 0 Å². The molecule has 2 amide bonds. The number of urea groups is 1. The number of carbonyl (C=O) groups excluding carboxylic acids is 1. The van der Waals surface area contributed by atoms with Crippen molar-refractivity contribution in [2.45, 2.75) is 37.9 Å². The van der Waals surface area contributed by atoms with Gasteiger partial charge in [0, 0.05) is 23.5 Å². The molecule has 1 aliphatic rings. The summed E-state index contributed by atoms with van der Waals surface area (Å²) < 4.78 is 0. The molecule has 116 valence electrons. The van der Waals surface area contributed by atoms with Gasteiger partial charge in [-0.25, -0.2) is 9.59 Å². The summed E-state index contributed by atoms with van der Waals surface area (Å²) in [5.41, 5.74) is 0. The van der Waals surface area contributed by atoms with Crippen LogP contribution in [0.25, 0.3) is 0 Å². The highest BCUT2D eigenvalue weighted by atomic mass is 32.1. The molecule has 0 saturated heterocycles. The van der Waals surface area contributed by atoms with Crippen molar-refractivity contribution in [3.05, 3.63) is 22.4 Å². The zero-order chi connectivity index (χ0) is 15.4. The summed E-state index contributed by atoms with van der Waals surface area (Å²) in [6.45, 7) is 2.54. The van der Waals surface area contributed by atoms with Crippen molar-refractivity contribution >= 4 is 23.3 Å². The number of thiophene rings is 1. The molecule has 1 heterocycles. The smallest absolute Gasteiger partial charge is 0.331 e. The highest BCUT2D eigenvalue weighted by molar-refractivity contribution is 7.10. The second-order valence-corrected chi connectivity index (χ2v) is 6.37. The summed E-state index contributed by atoms with van der Waals surface area (Å²) >= 11 is 1.31. The number of rotatable bonds is 7. The third-order valence-corrected chi connectivity index (χ3v) is 4.66. The Bertz CT molecular complexity index is 488. The SMILES string of the molecule is CC(CNC(=O)NC(C(=O)O)c1cccs1)N(C)C1CC1. The van der Waals surface area contributed by atoms with Gasteiger partial charge in [0.1, 0.15) is 0 Å². The van der Waals surface area contributed by atoms with Crippen LogP contribution >= 0.6 is 11.3 Å². The van der Waals surface area contributed by atoms with Gasteiger partial charge < -0.3 is 15.7 Å². The molecule has 0 aromatic carbocycles. The van der Waals surface area contributed by atoms with Crippen LogP contribution in [0.2, 0.25) is 0 Å². The van der Waals surface area contributed by atoms with E-state index < -0.39 is 18.0 Å². The second kappa shape index (κ2) is 6.91. The Hall–Kier alpha value is -1.60. The van der Waals surface area contributed by atoms with Crippen LogP contribution in [0.15, 0.2) is 17.5 Å². The minimum absolute atomic E-state index is 0.230. The maximum absolute atomic E-state index is 11.9. The van der Waals surface area contributed by atoms with Crippen LogP contribution in [0.1, 0.15) is 30.7 Å². The van der Waals surface area contributed by atoms with E-state index in [1.165, 1.54) is 24.2 Å². The molecule has 0 aliphatic heterocycles. The fraction of sp³-hybridized carbons (Fsp3) is 0.571. The van der Waals surface area contributed by atoms with Gasteiger partial charge in [-0.15, -0.1) is 11.3 Å². The summed E-state index contributed by atoms with van der Waals surface area (Å²) in [5.74, 6) is -1.06. The first-order chi connectivity index (χ1) is 9.99. The average molecular weight is 311 g/mol. The lowest BCUT2D eigenvalue weighted by Gasteiger charge is -2.25. The van der Waals surface area contributed by atoms with E-state index in [4.69, 9.17) is 0 Å². The first kappa shape index (κ1) is 15.8. The number of hydrogen-bond acceptors (Lipinski definition) is 4. The van der Waals surface area contributed by atoms with Gasteiger partial charge in [-0.05, 0) is 38.3 Å². The van der Waals surface area contributed by atoms with Crippen LogP contribution in [0.4, 0.5) is 4.79 Å². The number of nitrogens with one attached hydrogen (secondary N) is 2. The van der Waals surface area contributed by atoms with Crippen molar-refractivity contribution in [3.8, 4) is 0 Å². The summed E-state index contributed by atoms with van der Waals surface area (Å²) in [6.07, 6.45) is 2.43. The lowest BCUT2D eigenvalue weighted by Crippen LogP contribution is -2.46. The predicted octanol–water partition coefficient (Wildman–Crippen LogP) is 1.66. The quantitative estimate of drug-likeness (QED) is 0.715. The van der Waals surface area contributed by atoms with Crippen molar-refractivity contribution in [1.82, 2.24) is 15.5 Å². The maximum atomic E-state index is 11.9. The van der Waals surface area contributed by atoms with Gasteiger partial charge in [-0.1, -0.05) is 6.07 Å². The predicted molar refractivity (Wildman–Crippen MR) is 81.5 cm³/mol. The first-order valence-electron chi connectivity index (χ1n) is 7.01. The van der Waals surface area contributed by atoms with E-state index >= 15 is 0 Å². The van der Waals surface area contributed by atoms with E-state index in [-0.39, 0.29) is 6.04 Å². The van der Waals surface area contributed by atoms with E-state index in [1.807, 2.05) is 14.0 Å². The highest BCUT2D eigenvalue weighted by Crippen LogP contribution is 2.26. The Labute approximate surface area is 128 Å². The maximum Gasteiger partial charge on any atom is 0.331 e. The minimum Gasteiger partial charge on any atom is -0.479 e. The van der Waals surface area contributed by atoms with Crippen LogP contribution in [0.5, 0.6) is 0 Å². The Morgan fingerprint density at radius 2 is 2.24 bits per heavy atom. The number of nitrogens with zero attached hydrogens (tertiary/aromatic N) is 1. The Morgan fingerprint density at radius 3 is 2.76 bits per heavy atom. The summed E-state index contributed by atoms with van der Waals surface area (Å²) in [4.78, 5) is 26.0. The second-order valence-electron chi connectivity index (χ2n) is 5.39. The summed E-state index contributed by atoms with van der Waals surface area (Å²) in [6, 6.07) is 2.87. The topological polar surface area (TPSA) is 81.7 Å². The lowest BCUT2D eigenvalue weighted by molar-refractivity contribution is -0.139. The number of amides is 2. The summed E-state index contributed by atoms with van der Waals surface area (Å²) in [5, 5.41) is 16.2. The van der Waals surface area contributed by atoms with E-state index in [0.29, 0.717) is 17.5 Å². The number of aliphatic carboxylic acids is 1. The third kappa shape index (κ3) is 4.44. The summed E-state index contributed by atoms with van der Waals surface area (Å²) in [7, 11) is 2.05. The van der Waals surface area contributed by atoms with Crippen molar-refractivity contribution in [2.24, 2.45) is 0 Å². The molecule has 2 atom stereocenters. The van der Waals surface area contributed by atoms with Crippen molar-refractivity contribution in [1.29, 1.82) is 0 Å². The van der Waals surface area contributed by atoms with Gasteiger partial charge in [0.25, 0.3) is 0 Å². The molecule has 7 heteroatoms. The van der Waals surface area contributed by atoms with Gasteiger partial charge in [-0.3, -0.25) is 4.90 Å². The average Bonchev–Trinajstić information content (AvgIpc) is 3.16. The fourth-order valence-corrected chi connectivity index (χ4v) is 2.89. The third-order valence-electron chi connectivity index (χ3n) is 3.73. The molecule has 1 aliphatic carbocycles. The standard InChI is InChI=1S/C14H21N3O3S/c1-9(17(2)10-5-6-10)8-15-14(20)16-12(13(18)19)11-4-3-7-21-11/h3-4,7,9-10,12H,5-6,8H2,1-2H3,(H,18,19)(H2,15,16,20). The van der Waals surface area contributed by atoms with Crippen molar-refractivity contribution in [2.75, 3.05) is 13.6 Å².